The fourth-order valence-electron chi connectivity index (χ4n) is 4.62. The van der Waals surface area contributed by atoms with Crippen LogP contribution in [-0.4, -0.2) is 17.7 Å². The second-order valence-corrected chi connectivity index (χ2v) is 13.7. The molecule has 0 fully saturated rings. The molecule has 1 atom stereocenters. The van der Waals surface area contributed by atoms with Crippen molar-refractivity contribution < 1.29 is 26.3 Å². The quantitative estimate of drug-likeness (QED) is 0.117. The molecule has 0 aromatic heterocycles. The minimum absolute atomic E-state index is 0.0417. The van der Waals surface area contributed by atoms with E-state index < -0.39 is 36.2 Å². The summed E-state index contributed by atoms with van der Waals surface area (Å²) in [6.07, 6.45) is -9.93. The molecule has 0 saturated carbocycles. The lowest BCUT2D eigenvalue weighted by Crippen LogP contribution is -2.43. The highest BCUT2D eigenvalue weighted by Crippen LogP contribution is 2.46. The van der Waals surface area contributed by atoms with Gasteiger partial charge in [-0.25, -0.2) is 0 Å². The van der Waals surface area contributed by atoms with Crippen molar-refractivity contribution in [1.29, 1.82) is 0 Å². The Balaban J connectivity index is 1.72. The van der Waals surface area contributed by atoms with E-state index in [1.54, 1.807) is 0 Å². The Hall–Kier alpha value is -3.62. The summed E-state index contributed by atoms with van der Waals surface area (Å²) < 4.78 is 85.6. The van der Waals surface area contributed by atoms with Crippen LogP contribution < -0.4 is 26.5 Å². The fraction of sp³-hybridized carbons (Fsp3) is 0.219. The van der Waals surface area contributed by atoms with Gasteiger partial charge in [-0.1, -0.05) is 105 Å². The summed E-state index contributed by atoms with van der Waals surface area (Å²) in [5, 5.41) is 8.64. The molecular formula is C32H30F6N3PS. The first kappa shape index (κ1) is 32.3. The molecule has 0 aliphatic heterocycles. The van der Waals surface area contributed by atoms with E-state index in [2.05, 4.69) is 10.6 Å². The second kappa shape index (κ2) is 13.3. The Morgan fingerprint density at radius 2 is 1.09 bits per heavy atom. The molecule has 2 N–H and O–H groups in total. The molecule has 4 rings (SSSR count). The standard InChI is InChI=1S/C32H30F6N3PS/c1-22(2)29(41-30(43)40-25-19-23(31(33,34)35)18-24(20-25)32(36,37)38)21-39-42(26-12-6-3-7-13-26,27-14-8-4-9-15-27)28-16-10-5-11-17-28/h3-20,22,29H,21H2,1-2H3,(H2,40,41,43)/t29-/m1/s1. The van der Waals surface area contributed by atoms with Gasteiger partial charge in [0.2, 0.25) is 0 Å². The summed E-state index contributed by atoms with van der Waals surface area (Å²) in [7, 11) is -2.54. The number of thiocarbonyl (C=S) groups is 1. The van der Waals surface area contributed by atoms with Gasteiger partial charge < -0.3 is 10.6 Å². The second-order valence-electron chi connectivity index (χ2n) is 10.2. The third kappa shape index (κ3) is 7.86. The minimum atomic E-state index is -4.97. The maximum atomic E-state index is 13.4. The van der Waals surface area contributed by atoms with Crippen LogP contribution in [-0.2, 0) is 12.4 Å². The lowest BCUT2D eigenvalue weighted by atomic mass is 10.1. The predicted octanol–water partition coefficient (Wildman–Crippen LogP) is 8.21. The Morgan fingerprint density at radius 1 is 0.698 bits per heavy atom. The van der Waals surface area contributed by atoms with Gasteiger partial charge in [-0.15, -0.1) is 0 Å². The summed E-state index contributed by atoms with van der Waals surface area (Å²) >= 11 is 5.38. The van der Waals surface area contributed by atoms with Gasteiger partial charge in [0.1, 0.15) is 0 Å². The van der Waals surface area contributed by atoms with Crippen LogP contribution in [0, 0.1) is 5.92 Å². The third-order valence-corrected chi connectivity index (χ3v) is 10.8. The van der Waals surface area contributed by atoms with Crippen LogP contribution in [0.3, 0.4) is 0 Å². The van der Waals surface area contributed by atoms with Crippen molar-refractivity contribution in [1.82, 2.24) is 5.32 Å². The van der Waals surface area contributed by atoms with Gasteiger partial charge in [-0.05, 0) is 36.3 Å². The van der Waals surface area contributed by atoms with Gasteiger partial charge in [0.25, 0.3) is 0 Å². The number of hydrogen-bond donors (Lipinski definition) is 2. The van der Waals surface area contributed by atoms with Crippen LogP contribution in [0.4, 0.5) is 32.0 Å². The van der Waals surface area contributed by atoms with Gasteiger partial charge in [0.15, 0.2) is 5.11 Å². The van der Waals surface area contributed by atoms with Gasteiger partial charge in [0.05, 0.1) is 30.8 Å². The van der Waals surface area contributed by atoms with Crippen LogP contribution in [0.25, 0.3) is 0 Å². The van der Waals surface area contributed by atoms with Gasteiger partial charge in [-0.3, -0.25) is 4.74 Å². The number of hydrogen-bond acceptors (Lipinski definition) is 2. The van der Waals surface area contributed by atoms with Crippen molar-refractivity contribution in [2.24, 2.45) is 10.7 Å². The maximum Gasteiger partial charge on any atom is 0.416 e. The number of rotatable bonds is 8. The zero-order valence-electron chi connectivity index (χ0n) is 23.3. The summed E-state index contributed by atoms with van der Waals surface area (Å²) in [4.78, 5) is 0. The van der Waals surface area contributed by atoms with Crippen LogP contribution in [0.15, 0.2) is 114 Å². The number of alkyl halides is 6. The van der Waals surface area contributed by atoms with Crippen LogP contribution in [0.1, 0.15) is 25.0 Å². The summed E-state index contributed by atoms with van der Waals surface area (Å²) in [5.74, 6) is -0.0417. The first-order valence-corrected chi connectivity index (χ1v) is 15.6. The Morgan fingerprint density at radius 3 is 1.44 bits per heavy atom. The van der Waals surface area contributed by atoms with Crippen molar-refractivity contribution in [2.45, 2.75) is 32.2 Å². The molecular weight excluding hydrogens is 603 g/mol. The van der Waals surface area contributed by atoms with E-state index in [-0.39, 0.29) is 29.7 Å². The summed E-state index contributed by atoms with van der Waals surface area (Å²) in [6.45, 7) is 4.15. The largest absolute Gasteiger partial charge is 0.416 e. The molecule has 43 heavy (non-hydrogen) atoms. The van der Waals surface area contributed by atoms with E-state index in [0.717, 1.165) is 15.9 Å². The molecule has 0 aliphatic carbocycles. The highest BCUT2D eigenvalue weighted by atomic mass is 32.1. The Labute approximate surface area is 252 Å². The molecule has 0 bridgehead atoms. The molecule has 4 aromatic carbocycles. The molecule has 3 nitrogen and oxygen atoms in total. The Kier molecular flexibility index (Phi) is 10.0. The zero-order chi connectivity index (χ0) is 31.3. The molecule has 11 heteroatoms. The van der Waals surface area contributed by atoms with Crippen molar-refractivity contribution in [3.05, 3.63) is 120 Å². The number of nitrogens with zero attached hydrogens (tertiary/aromatic N) is 1. The number of halogens is 6. The summed E-state index contributed by atoms with van der Waals surface area (Å²) in [6, 6.07) is 30.8. The number of nitrogens with one attached hydrogen (secondary N) is 2. The van der Waals surface area contributed by atoms with E-state index >= 15 is 0 Å². The number of benzene rings is 4. The van der Waals surface area contributed by atoms with Crippen molar-refractivity contribution in [3.8, 4) is 0 Å². The average molecular weight is 634 g/mol. The van der Waals surface area contributed by atoms with Crippen molar-refractivity contribution >= 4 is 46.0 Å². The van der Waals surface area contributed by atoms with Crippen LogP contribution >= 0.6 is 19.3 Å². The summed E-state index contributed by atoms with van der Waals surface area (Å²) in [5.41, 5.74) is -3.27. The minimum Gasteiger partial charge on any atom is -0.358 e. The lowest BCUT2D eigenvalue weighted by molar-refractivity contribution is -0.143. The molecule has 0 heterocycles. The zero-order valence-corrected chi connectivity index (χ0v) is 25.0. The normalized spacial score (nSPS) is 13.0. The van der Waals surface area contributed by atoms with E-state index in [0.29, 0.717) is 12.1 Å². The smallest absolute Gasteiger partial charge is 0.358 e. The van der Waals surface area contributed by atoms with E-state index in [1.807, 2.05) is 105 Å². The monoisotopic (exact) mass is 633 g/mol. The molecule has 0 aliphatic rings. The molecule has 0 saturated heterocycles. The van der Waals surface area contributed by atoms with E-state index in [9.17, 15) is 26.3 Å². The SMILES string of the molecule is CC(C)[C@@H](CN=P(c1ccccc1)(c1ccccc1)c1ccccc1)NC(=S)Nc1cc(C(F)(F)F)cc(C(F)(F)F)c1. The first-order chi connectivity index (χ1) is 20.3. The van der Waals surface area contributed by atoms with Gasteiger partial charge in [0, 0.05) is 21.6 Å². The molecule has 0 spiro atoms. The highest BCUT2D eigenvalue weighted by Gasteiger charge is 2.37. The van der Waals surface area contributed by atoms with Crippen molar-refractivity contribution in [3.63, 3.8) is 0 Å². The molecule has 0 amide bonds. The molecule has 0 radical (unpaired) electrons. The molecule has 4 aromatic rings. The molecule has 226 valence electrons. The highest BCUT2D eigenvalue weighted by molar-refractivity contribution is 7.87. The van der Waals surface area contributed by atoms with Gasteiger partial charge >= 0.3 is 12.4 Å². The molecule has 0 unspecified atom stereocenters. The van der Waals surface area contributed by atoms with Crippen LogP contribution in [0.2, 0.25) is 0 Å². The lowest BCUT2D eigenvalue weighted by Gasteiger charge is -2.29. The fourth-order valence-corrected chi connectivity index (χ4v) is 8.50. The maximum absolute atomic E-state index is 13.4. The number of anilines is 1. The van der Waals surface area contributed by atoms with Crippen LogP contribution in [0.5, 0.6) is 0 Å². The topological polar surface area (TPSA) is 36.4 Å². The average Bonchev–Trinajstić information content (AvgIpc) is 2.97. The third-order valence-electron chi connectivity index (χ3n) is 6.85. The van der Waals surface area contributed by atoms with E-state index in [1.165, 1.54) is 0 Å². The van der Waals surface area contributed by atoms with Crippen molar-refractivity contribution in [2.75, 3.05) is 11.9 Å². The van der Waals surface area contributed by atoms with Gasteiger partial charge in [-0.2, -0.15) is 26.3 Å². The Bertz CT molecular complexity index is 1440. The van der Waals surface area contributed by atoms with E-state index in [4.69, 9.17) is 17.0 Å². The first-order valence-electron chi connectivity index (χ1n) is 13.4. The predicted molar refractivity (Wildman–Crippen MR) is 167 cm³/mol.